The van der Waals surface area contributed by atoms with Gasteiger partial charge in [-0.15, -0.1) is 11.3 Å². The highest BCUT2D eigenvalue weighted by Gasteiger charge is 2.23. The number of anilines is 1. The minimum atomic E-state index is -0.945. The third-order valence-corrected chi connectivity index (χ3v) is 4.37. The molecule has 0 spiro atoms. The summed E-state index contributed by atoms with van der Waals surface area (Å²) in [6.07, 6.45) is -0.945. The number of thiophene rings is 1. The maximum Gasteiger partial charge on any atom is 0.341 e. The van der Waals surface area contributed by atoms with Crippen LogP contribution in [0.2, 0.25) is 5.02 Å². The Morgan fingerprint density at radius 2 is 1.96 bits per heavy atom. The molecule has 1 heterocycles. The zero-order valence-corrected chi connectivity index (χ0v) is 15.5. The second-order valence-corrected chi connectivity index (χ2v) is 6.79. The molecule has 0 aliphatic heterocycles. The second-order valence-electron chi connectivity index (χ2n) is 5.40. The predicted octanol–water partition coefficient (Wildman–Crippen LogP) is 3.29. The van der Waals surface area contributed by atoms with Crippen LogP contribution in [0.1, 0.15) is 27.0 Å². The molecule has 0 bridgehead atoms. The van der Waals surface area contributed by atoms with Crippen LogP contribution in [0, 0.1) is 0 Å². The van der Waals surface area contributed by atoms with Gasteiger partial charge in [-0.2, -0.15) is 0 Å². The van der Waals surface area contributed by atoms with Gasteiger partial charge in [0, 0.05) is 19.1 Å². The number of esters is 1. The van der Waals surface area contributed by atoms with E-state index in [0.29, 0.717) is 9.90 Å². The van der Waals surface area contributed by atoms with Gasteiger partial charge >= 0.3 is 5.97 Å². The van der Waals surface area contributed by atoms with Crippen LogP contribution < -0.4 is 5.32 Å². The molecule has 0 fully saturated rings. The minimum Gasteiger partial charge on any atom is -0.449 e. The molecule has 2 amide bonds. The number of benzene rings is 1. The predicted molar refractivity (Wildman–Crippen MR) is 97.3 cm³/mol. The monoisotopic (exact) mass is 380 g/mol. The van der Waals surface area contributed by atoms with Crippen LogP contribution in [-0.4, -0.2) is 42.9 Å². The normalized spacial score (nSPS) is 11.5. The molecule has 1 atom stereocenters. The highest BCUT2D eigenvalue weighted by molar-refractivity contribution is 7.12. The van der Waals surface area contributed by atoms with Crippen LogP contribution in [0.25, 0.3) is 0 Å². The van der Waals surface area contributed by atoms with Crippen molar-refractivity contribution < 1.29 is 19.1 Å². The van der Waals surface area contributed by atoms with Crippen molar-refractivity contribution in [2.45, 2.75) is 13.0 Å². The summed E-state index contributed by atoms with van der Waals surface area (Å²) in [4.78, 5) is 38.3. The van der Waals surface area contributed by atoms with Crippen LogP contribution >= 0.6 is 22.9 Å². The summed E-state index contributed by atoms with van der Waals surface area (Å²) in [5.41, 5.74) is 0.341. The van der Waals surface area contributed by atoms with Crippen molar-refractivity contribution in [1.29, 1.82) is 0 Å². The quantitative estimate of drug-likeness (QED) is 0.807. The number of hydrogen-bond acceptors (Lipinski definition) is 5. The number of rotatable bonds is 5. The first-order valence-corrected chi connectivity index (χ1v) is 8.62. The number of carbonyl (C=O) groups excluding carboxylic acids is 3. The molecule has 8 heteroatoms. The number of hydrogen-bond donors (Lipinski definition) is 1. The van der Waals surface area contributed by atoms with Crippen molar-refractivity contribution in [1.82, 2.24) is 4.90 Å². The number of amides is 2. The Labute approximate surface area is 154 Å². The maximum absolute atomic E-state index is 12.4. The van der Waals surface area contributed by atoms with Crippen LogP contribution in [0.15, 0.2) is 35.7 Å². The van der Waals surface area contributed by atoms with Crippen LogP contribution in [0.5, 0.6) is 0 Å². The summed E-state index contributed by atoms with van der Waals surface area (Å²) in [7, 11) is 3.14. The van der Waals surface area contributed by atoms with Crippen LogP contribution in [0.4, 0.5) is 5.69 Å². The highest BCUT2D eigenvalue weighted by Crippen LogP contribution is 2.24. The second kappa shape index (κ2) is 8.13. The Balaban J connectivity index is 2.21. The van der Waals surface area contributed by atoms with Crippen LogP contribution in [0.3, 0.4) is 0 Å². The average molecular weight is 381 g/mol. The summed E-state index contributed by atoms with van der Waals surface area (Å²) in [6.45, 7) is 1.49. The molecule has 1 N–H and O–H groups in total. The summed E-state index contributed by atoms with van der Waals surface area (Å²) in [6, 6.07) is 7.84. The van der Waals surface area contributed by atoms with E-state index in [9.17, 15) is 14.4 Å². The topological polar surface area (TPSA) is 75.7 Å². The van der Waals surface area contributed by atoms with Crippen LogP contribution in [-0.2, 0) is 9.53 Å². The SMILES string of the molecule is C[C@H](OC(=O)c1ccc(Cl)cc1NC(=O)c1cccs1)C(=O)N(C)C. The highest BCUT2D eigenvalue weighted by atomic mass is 35.5. The number of ether oxygens (including phenoxy) is 1. The molecule has 0 aliphatic carbocycles. The first-order valence-electron chi connectivity index (χ1n) is 7.36. The molecule has 1 aromatic heterocycles. The smallest absolute Gasteiger partial charge is 0.341 e. The third-order valence-electron chi connectivity index (χ3n) is 3.27. The maximum atomic E-state index is 12.4. The molecule has 0 saturated heterocycles. The molecule has 25 heavy (non-hydrogen) atoms. The number of likely N-dealkylation sites (N-methyl/N-ethyl adjacent to an activating group) is 1. The Hall–Kier alpha value is -2.38. The number of nitrogens with one attached hydrogen (secondary N) is 1. The number of halogens is 1. The van der Waals surface area contributed by atoms with Gasteiger partial charge in [0.05, 0.1) is 16.1 Å². The third kappa shape index (κ3) is 4.80. The number of carbonyl (C=O) groups is 3. The van der Waals surface area contributed by atoms with Crippen molar-refractivity contribution in [3.05, 3.63) is 51.2 Å². The van der Waals surface area contributed by atoms with E-state index in [2.05, 4.69) is 5.32 Å². The van der Waals surface area contributed by atoms with E-state index in [1.54, 1.807) is 31.6 Å². The van der Waals surface area contributed by atoms with E-state index in [1.165, 1.54) is 41.4 Å². The molecular weight excluding hydrogens is 364 g/mol. The molecule has 0 unspecified atom stereocenters. The van der Waals surface area contributed by atoms with Gasteiger partial charge in [-0.1, -0.05) is 17.7 Å². The van der Waals surface area contributed by atoms with E-state index in [0.717, 1.165) is 0 Å². The fourth-order valence-electron chi connectivity index (χ4n) is 2.03. The van der Waals surface area contributed by atoms with E-state index in [-0.39, 0.29) is 23.1 Å². The summed E-state index contributed by atoms with van der Waals surface area (Å²) >= 11 is 7.24. The molecule has 0 saturated carbocycles. The van der Waals surface area contributed by atoms with Gasteiger partial charge in [0.1, 0.15) is 0 Å². The Morgan fingerprint density at radius 3 is 2.56 bits per heavy atom. The minimum absolute atomic E-state index is 0.118. The zero-order chi connectivity index (χ0) is 18.6. The van der Waals surface area contributed by atoms with Crippen molar-refractivity contribution in [2.75, 3.05) is 19.4 Å². The molecule has 0 aliphatic rings. The average Bonchev–Trinajstić information content (AvgIpc) is 3.08. The zero-order valence-electron chi connectivity index (χ0n) is 13.9. The molecule has 2 aromatic rings. The Morgan fingerprint density at radius 1 is 1.24 bits per heavy atom. The van der Waals surface area contributed by atoms with Gasteiger partial charge < -0.3 is 15.0 Å². The van der Waals surface area contributed by atoms with Crippen molar-refractivity contribution in [3.63, 3.8) is 0 Å². The van der Waals surface area contributed by atoms with Gasteiger partial charge in [0.2, 0.25) is 0 Å². The number of nitrogens with zero attached hydrogens (tertiary/aromatic N) is 1. The summed E-state index contributed by atoms with van der Waals surface area (Å²) in [5, 5.41) is 4.78. The first kappa shape index (κ1) is 19.0. The molecule has 132 valence electrons. The fourth-order valence-corrected chi connectivity index (χ4v) is 2.82. The molecule has 0 radical (unpaired) electrons. The molecular formula is C17H17ClN2O4S. The van der Waals surface area contributed by atoms with E-state index in [1.807, 2.05) is 0 Å². The lowest BCUT2D eigenvalue weighted by Gasteiger charge is -2.18. The van der Waals surface area contributed by atoms with Crippen molar-refractivity contribution >= 4 is 46.4 Å². The summed E-state index contributed by atoms with van der Waals surface area (Å²) in [5.74, 6) is -1.42. The van der Waals surface area contributed by atoms with E-state index < -0.39 is 12.1 Å². The van der Waals surface area contributed by atoms with Crippen molar-refractivity contribution in [3.8, 4) is 0 Å². The largest absolute Gasteiger partial charge is 0.449 e. The first-order chi connectivity index (χ1) is 11.8. The van der Waals surface area contributed by atoms with Gasteiger partial charge in [0.15, 0.2) is 6.10 Å². The van der Waals surface area contributed by atoms with Crippen molar-refractivity contribution in [2.24, 2.45) is 0 Å². The lowest BCUT2D eigenvalue weighted by atomic mass is 10.1. The van der Waals surface area contributed by atoms with Gasteiger partial charge in [0.25, 0.3) is 11.8 Å². The fraction of sp³-hybridized carbons (Fsp3) is 0.235. The van der Waals surface area contributed by atoms with Gasteiger partial charge in [-0.3, -0.25) is 9.59 Å². The molecule has 6 nitrogen and oxygen atoms in total. The Kier molecular flexibility index (Phi) is 6.17. The Bertz CT molecular complexity index is 790. The molecule has 2 rings (SSSR count). The van der Waals surface area contributed by atoms with E-state index >= 15 is 0 Å². The lowest BCUT2D eigenvalue weighted by Crippen LogP contribution is -2.35. The van der Waals surface area contributed by atoms with Gasteiger partial charge in [-0.05, 0) is 36.6 Å². The van der Waals surface area contributed by atoms with Gasteiger partial charge in [-0.25, -0.2) is 4.79 Å². The lowest BCUT2D eigenvalue weighted by molar-refractivity contribution is -0.137. The molecule has 1 aromatic carbocycles. The summed E-state index contributed by atoms with van der Waals surface area (Å²) < 4.78 is 5.19. The van der Waals surface area contributed by atoms with E-state index in [4.69, 9.17) is 16.3 Å². The standard InChI is InChI=1S/C17H17ClN2O4S/c1-10(16(22)20(2)3)24-17(23)12-7-6-11(18)9-13(12)19-15(21)14-5-4-8-25-14/h4-10H,1-3H3,(H,19,21)/t10-/m0/s1.